The SMILES string of the molecule is O=C1NC(=S)NC(c2ccccc2)N1. The largest absolute Gasteiger partial charge is 0.338 e. The standard InChI is InChI=1S/C9H9N3OS/c13-8-10-7(11-9(14)12-8)6-4-2-1-3-5-6/h1-5,7H,(H3,10,11,12,13,14). The van der Waals surface area contributed by atoms with Crippen molar-refractivity contribution in [1.82, 2.24) is 16.0 Å². The molecule has 3 N–H and O–H groups in total. The Morgan fingerprint density at radius 2 is 1.86 bits per heavy atom. The lowest BCUT2D eigenvalue weighted by atomic mass is 10.1. The minimum Gasteiger partial charge on any atom is -0.338 e. The summed E-state index contributed by atoms with van der Waals surface area (Å²) in [5, 5.41) is 8.46. The number of amides is 2. The Bertz CT molecular complexity index is 350. The number of nitrogens with one attached hydrogen (secondary N) is 3. The van der Waals surface area contributed by atoms with Crippen molar-refractivity contribution in [2.45, 2.75) is 6.17 Å². The van der Waals surface area contributed by atoms with E-state index in [2.05, 4.69) is 16.0 Å². The van der Waals surface area contributed by atoms with E-state index in [9.17, 15) is 4.79 Å². The smallest absolute Gasteiger partial charge is 0.322 e. The van der Waals surface area contributed by atoms with Gasteiger partial charge >= 0.3 is 6.03 Å². The molecule has 0 aromatic heterocycles. The summed E-state index contributed by atoms with van der Waals surface area (Å²) < 4.78 is 0. The summed E-state index contributed by atoms with van der Waals surface area (Å²) in [6, 6.07) is 9.31. The lowest BCUT2D eigenvalue weighted by molar-refractivity contribution is 0.237. The first-order valence-electron chi connectivity index (χ1n) is 4.18. The van der Waals surface area contributed by atoms with E-state index in [-0.39, 0.29) is 12.2 Å². The van der Waals surface area contributed by atoms with Crippen molar-refractivity contribution in [3.63, 3.8) is 0 Å². The predicted molar refractivity (Wildman–Crippen MR) is 56.6 cm³/mol. The van der Waals surface area contributed by atoms with Crippen LogP contribution in [0.4, 0.5) is 4.79 Å². The van der Waals surface area contributed by atoms with Gasteiger partial charge in [0.2, 0.25) is 0 Å². The lowest BCUT2D eigenvalue weighted by Crippen LogP contribution is -2.56. The Balaban J connectivity index is 2.19. The molecule has 2 amide bonds. The molecule has 0 radical (unpaired) electrons. The van der Waals surface area contributed by atoms with Crippen molar-refractivity contribution in [1.29, 1.82) is 0 Å². The van der Waals surface area contributed by atoms with Crippen LogP contribution in [-0.4, -0.2) is 11.1 Å². The zero-order chi connectivity index (χ0) is 9.97. The van der Waals surface area contributed by atoms with Crippen molar-refractivity contribution < 1.29 is 4.79 Å². The van der Waals surface area contributed by atoms with Gasteiger partial charge in [0.15, 0.2) is 5.11 Å². The maximum Gasteiger partial charge on any atom is 0.322 e. The molecule has 1 heterocycles. The molecule has 1 aromatic carbocycles. The second kappa shape index (κ2) is 3.63. The first-order chi connectivity index (χ1) is 6.75. The van der Waals surface area contributed by atoms with Gasteiger partial charge < -0.3 is 10.6 Å². The first-order valence-corrected chi connectivity index (χ1v) is 4.59. The highest BCUT2D eigenvalue weighted by atomic mass is 32.1. The molecule has 72 valence electrons. The summed E-state index contributed by atoms with van der Waals surface area (Å²) in [4.78, 5) is 11.1. The Morgan fingerprint density at radius 3 is 2.50 bits per heavy atom. The van der Waals surface area contributed by atoms with Crippen LogP contribution >= 0.6 is 12.2 Å². The van der Waals surface area contributed by atoms with Crippen LogP contribution in [-0.2, 0) is 0 Å². The number of urea groups is 1. The van der Waals surface area contributed by atoms with Crippen LogP contribution in [0.1, 0.15) is 11.7 Å². The van der Waals surface area contributed by atoms with Crippen LogP contribution in [0.2, 0.25) is 0 Å². The molecule has 14 heavy (non-hydrogen) atoms. The second-order valence-corrected chi connectivity index (χ2v) is 3.32. The van der Waals surface area contributed by atoms with E-state index in [1.807, 2.05) is 30.3 Å². The van der Waals surface area contributed by atoms with E-state index in [0.717, 1.165) is 5.56 Å². The molecule has 1 aromatic rings. The molecule has 1 atom stereocenters. The van der Waals surface area contributed by atoms with Crippen LogP contribution in [0.5, 0.6) is 0 Å². The molecular formula is C9H9N3OS. The summed E-state index contributed by atoms with van der Waals surface area (Å²) in [6.07, 6.45) is -0.238. The first kappa shape index (κ1) is 8.96. The van der Waals surface area contributed by atoms with E-state index >= 15 is 0 Å². The van der Waals surface area contributed by atoms with Crippen molar-refractivity contribution in [3.05, 3.63) is 35.9 Å². The van der Waals surface area contributed by atoms with Gasteiger partial charge in [0.05, 0.1) is 0 Å². The highest BCUT2D eigenvalue weighted by Gasteiger charge is 2.20. The van der Waals surface area contributed by atoms with E-state index in [1.54, 1.807) is 0 Å². The fourth-order valence-corrected chi connectivity index (χ4v) is 1.50. The number of benzene rings is 1. The summed E-state index contributed by atoms with van der Waals surface area (Å²) in [5.41, 5.74) is 0.977. The third-order valence-electron chi connectivity index (χ3n) is 1.91. The molecule has 0 spiro atoms. The van der Waals surface area contributed by atoms with E-state index in [0.29, 0.717) is 5.11 Å². The molecule has 1 unspecified atom stereocenters. The van der Waals surface area contributed by atoms with Gasteiger partial charge in [-0.15, -0.1) is 0 Å². The van der Waals surface area contributed by atoms with Gasteiger partial charge in [0, 0.05) is 0 Å². The normalized spacial score (nSPS) is 20.7. The molecule has 0 bridgehead atoms. The molecular weight excluding hydrogens is 198 g/mol. The maximum atomic E-state index is 11.1. The number of hydrogen-bond donors (Lipinski definition) is 3. The Hall–Kier alpha value is -1.62. The van der Waals surface area contributed by atoms with Gasteiger partial charge in [0.1, 0.15) is 6.17 Å². The van der Waals surface area contributed by atoms with E-state index in [1.165, 1.54) is 0 Å². The molecule has 1 aliphatic rings. The maximum absolute atomic E-state index is 11.1. The predicted octanol–water partition coefficient (Wildman–Crippen LogP) is 0.873. The number of carbonyl (C=O) groups is 1. The molecule has 0 saturated carbocycles. The topological polar surface area (TPSA) is 53.2 Å². The third-order valence-corrected chi connectivity index (χ3v) is 2.13. The summed E-state index contributed by atoms with van der Waals surface area (Å²) in [6.45, 7) is 0. The molecule has 1 fully saturated rings. The van der Waals surface area contributed by atoms with Crippen LogP contribution in [0.3, 0.4) is 0 Å². The van der Waals surface area contributed by atoms with E-state index in [4.69, 9.17) is 12.2 Å². The van der Waals surface area contributed by atoms with Crippen molar-refractivity contribution in [3.8, 4) is 0 Å². The zero-order valence-corrected chi connectivity index (χ0v) is 8.10. The second-order valence-electron chi connectivity index (χ2n) is 2.92. The van der Waals surface area contributed by atoms with Gasteiger partial charge in [-0.1, -0.05) is 30.3 Å². The quantitative estimate of drug-likeness (QED) is 0.599. The monoisotopic (exact) mass is 207 g/mol. The molecule has 5 heteroatoms. The Kier molecular flexibility index (Phi) is 2.32. The Morgan fingerprint density at radius 1 is 1.14 bits per heavy atom. The Labute approximate surface area is 86.7 Å². The van der Waals surface area contributed by atoms with Crippen LogP contribution in [0.15, 0.2) is 30.3 Å². The highest BCUT2D eigenvalue weighted by Crippen LogP contribution is 2.10. The summed E-state index contributed by atoms with van der Waals surface area (Å²) in [7, 11) is 0. The van der Waals surface area contributed by atoms with Crippen LogP contribution in [0.25, 0.3) is 0 Å². The molecule has 1 aliphatic heterocycles. The number of thiocarbonyl (C=S) groups is 1. The van der Waals surface area contributed by atoms with Gasteiger partial charge in [0.25, 0.3) is 0 Å². The number of rotatable bonds is 1. The zero-order valence-electron chi connectivity index (χ0n) is 7.28. The number of carbonyl (C=O) groups excluding carboxylic acids is 1. The van der Waals surface area contributed by atoms with E-state index < -0.39 is 0 Å². The van der Waals surface area contributed by atoms with Gasteiger partial charge in [-0.05, 0) is 17.8 Å². The van der Waals surface area contributed by atoms with Gasteiger partial charge in [-0.3, -0.25) is 5.32 Å². The minimum atomic E-state index is -0.275. The van der Waals surface area contributed by atoms with Crippen LogP contribution < -0.4 is 16.0 Å². The van der Waals surface area contributed by atoms with Crippen LogP contribution in [0, 0.1) is 0 Å². The third kappa shape index (κ3) is 1.82. The summed E-state index contributed by atoms with van der Waals surface area (Å²) >= 11 is 4.88. The fourth-order valence-electron chi connectivity index (χ4n) is 1.29. The summed E-state index contributed by atoms with van der Waals surface area (Å²) in [5.74, 6) is 0. The number of hydrogen-bond acceptors (Lipinski definition) is 2. The van der Waals surface area contributed by atoms with Crippen molar-refractivity contribution >= 4 is 23.4 Å². The van der Waals surface area contributed by atoms with Gasteiger partial charge in [-0.2, -0.15) is 0 Å². The molecule has 4 nitrogen and oxygen atoms in total. The average molecular weight is 207 g/mol. The minimum absolute atomic E-state index is 0.238. The molecule has 2 rings (SSSR count). The van der Waals surface area contributed by atoms with Crippen molar-refractivity contribution in [2.75, 3.05) is 0 Å². The fraction of sp³-hybridized carbons (Fsp3) is 0.111. The lowest BCUT2D eigenvalue weighted by Gasteiger charge is -2.27. The highest BCUT2D eigenvalue weighted by molar-refractivity contribution is 7.80. The molecule has 1 saturated heterocycles. The molecule has 0 aliphatic carbocycles. The van der Waals surface area contributed by atoms with Gasteiger partial charge in [-0.25, -0.2) is 4.79 Å². The van der Waals surface area contributed by atoms with Crippen molar-refractivity contribution in [2.24, 2.45) is 0 Å². The average Bonchev–Trinajstić information content (AvgIpc) is 2.18.